The summed E-state index contributed by atoms with van der Waals surface area (Å²) >= 11 is 0. The van der Waals surface area contributed by atoms with E-state index in [2.05, 4.69) is 0 Å². The number of fused-ring (bicyclic) bond motifs is 3. The summed E-state index contributed by atoms with van der Waals surface area (Å²) in [6.45, 7) is 6.77. The van der Waals surface area contributed by atoms with Crippen LogP contribution in [-0.2, 0) is 19.1 Å². The molecule has 2 fully saturated rings. The van der Waals surface area contributed by atoms with Gasteiger partial charge in [-0.3, -0.25) is 14.4 Å². The van der Waals surface area contributed by atoms with Gasteiger partial charge in [0.1, 0.15) is 28.5 Å². The van der Waals surface area contributed by atoms with Gasteiger partial charge in [0.25, 0.3) is 0 Å². The van der Waals surface area contributed by atoms with Crippen molar-refractivity contribution in [2.75, 3.05) is 6.61 Å². The quantitative estimate of drug-likeness (QED) is 0.148. The van der Waals surface area contributed by atoms with E-state index in [4.69, 9.17) is 9.84 Å². The van der Waals surface area contributed by atoms with Crippen molar-refractivity contribution in [1.82, 2.24) is 0 Å². The third kappa shape index (κ3) is 4.05. The molecule has 3 aliphatic rings. The number of aliphatic hydroxyl groups excluding tert-OH is 3. The van der Waals surface area contributed by atoms with E-state index < -0.39 is 69.5 Å². The molecule has 6 atom stereocenters. The summed E-state index contributed by atoms with van der Waals surface area (Å²) < 4.78 is 5.97. The Balaban J connectivity index is 2.28. The van der Waals surface area contributed by atoms with Gasteiger partial charge in [0.15, 0.2) is 11.6 Å². The van der Waals surface area contributed by atoms with Crippen LogP contribution in [0.2, 0.25) is 0 Å². The molecular formula is C28H36O9. The van der Waals surface area contributed by atoms with Gasteiger partial charge in [-0.2, -0.15) is 0 Å². The minimum absolute atomic E-state index is 0.0329. The summed E-state index contributed by atoms with van der Waals surface area (Å²) in [5.41, 5.74) is -6.58. The fourth-order valence-electron chi connectivity index (χ4n) is 6.22. The molecule has 0 spiro atoms. The summed E-state index contributed by atoms with van der Waals surface area (Å²) in [5, 5.41) is 54.4. The summed E-state index contributed by atoms with van der Waals surface area (Å²) in [4.78, 5) is 40.7. The number of ether oxygens (including phenoxy) is 1. The molecule has 1 saturated carbocycles. The van der Waals surface area contributed by atoms with E-state index in [0.29, 0.717) is 6.42 Å². The van der Waals surface area contributed by atoms with Crippen LogP contribution in [0.5, 0.6) is 0 Å². The van der Waals surface area contributed by atoms with Crippen LogP contribution in [-0.4, -0.2) is 66.5 Å². The van der Waals surface area contributed by atoms with Crippen molar-refractivity contribution in [3.05, 3.63) is 59.1 Å². The largest absolute Gasteiger partial charge is 0.508 e. The molecule has 202 valence electrons. The summed E-state index contributed by atoms with van der Waals surface area (Å²) in [6.07, 6.45) is 8.98. The lowest BCUT2D eigenvalue weighted by Gasteiger charge is -2.53. The highest BCUT2D eigenvalue weighted by Crippen LogP contribution is 2.67. The number of aliphatic hydroxyl groups is 5. The second-order valence-corrected chi connectivity index (χ2v) is 10.5. The molecule has 37 heavy (non-hydrogen) atoms. The monoisotopic (exact) mass is 516 g/mol. The molecule has 9 nitrogen and oxygen atoms in total. The van der Waals surface area contributed by atoms with Gasteiger partial charge in [-0.25, -0.2) is 0 Å². The van der Waals surface area contributed by atoms with Crippen LogP contribution in [0.15, 0.2) is 59.1 Å². The zero-order valence-electron chi connectivity index (χ0n) is 21.8. The molecule has 2 aliphatic carbocycles. The Kier molecular flexibility index (Phi) is 7.60. The van der Waals surface area contributed by atoms with Gasteiger partial charge in [0.05, 0.1) is 17.9 Å². The molecular weight excluding hydrogens is 480 g/mol. The summed E-state index contributed by atoms with van der Waals surface area (Å²) in [5.74, 6) is -8.35. The number of hydrogen-bond acceptors (Lipinski definition) is 9. The van der Waals surface area contributed by atoms with Crippen LogP contribution >= 0.6 is 0 Å². The third-order valence-corrected chi connectivity index (χ3v) is 8.11. The van der Waals surface area contributed by atoms with Gasteiger partial charge < -0.3 is 30.3 Å². The molecule has 1 saturated heterocycles. The molecule has 0 amide bonds. The maximum absolute atomic E-state index is 14.1. The average molecular weight is 517 g/mol. The van der Waals surface area contributed by atoms with Crippen molar-refractivity contribution in [3.63, 3.8) is 0 Å². The third-order valence-electron chi connectivity index (χ3n) is 8.11. The normalized spacial score (nSPS) is 39.7. The zero-order chi connectivity index (χ0) is 28.0. The van der Waals surface area contributed by atoms with Crippen LogP contribution in [0.3, 0.4) is 0 Å². The minimum Gasteiger partial charge on any atom is -0.508 e. The Morgan fingerprint density at radius 3 is 2.38 bits per heavy atom. The first-order valence-electron chi connectivity index (χ1n) is 12.3. The molecule has 0 aromatic carbocycles. The first-order valence-corrected chi connectivity index (χ1v) is 12.3. The number of hydrogen-bond donors (Lipinski definition) is 5. The van der Waals surface area contributed by atoms with Gasteiger partial charge >= 0.3 is 0 Å². The van der Waals surface area contributed by atoms with Gasteiger partial charge in [-0.1, -0.05) is 30.4 Å². The van der Waals surface area contributed by atoms with Gasteiger partial charge in [0, 0.05) is 23.5 Å². The number of ketones is 3. The molecule has 0 aromatic heterocycles. The Hall–Kier alpha value is -2.85. The van der Waals surface area contributed by atoms with Crippen molar-refractivity contribution >= 4 is 17.3 Å². The van der Waals surface area contributed by atoms with Crippen molar-refractivity contribution in [2.24, 2.45) is 17.3 Å². The highest BCUT2D eigenvalue weighted by Gasteiger charge is 2.82. The van der Waals surface area contributed by atoms with Crippen LogP contribution in [0.25, 0.3) is 0 Å². The standard InChI is InChI=1S/C28H36O9/c1-6-7-9-12-18(30)17-15-25(3,35)28(36)26(4,24(17)34)22-20(19(31)13-10-8-11-14-29)21(32)16(2)23(33)27(22,5)37-28/h6-8,10-11,13,17,22,29,31-32,35-36H,9,12,14-15H2,1-5H3/b7-6+,11-8+,13-10+,20-19-/t17-,22-,25+,26-,27+,28+/m1/s1. The first kappa shape index (κ1) is 28.7. The fourth-order valence-corrected chi connectivity index (χ4v) is 6.22. The molecule has 0 aromatic rings. The minimum atomic E-state index is -2.62. The Labute approximate surface area is 216 Å². The summed E-state index contributed by atoms with van der Waals surface area (Å²) in [6, 6.07) is 0. The van der Waals surface area contributed by atoms with E-state index in [1.165, 1.54) is 52.0 Å². The van der Waals surface area contributed by atoms with Gasteiger partial charge in [0.2, 0.25) is 5.79 Å². The topological polar surface area (TPSA) is 162 Å². The maximum atomic E-state index is 14.1. The lowest BCUT2D eigenvalue weighted by Crippen LogP contribution is -2.70. The van der Waals surface area contributed by atoms with Gasteiger partial charge in [-0.05, 0) is 53.5 Å². The molecule has 9 heteroatoms. The molecule has 1 heterocycles. The highest BCUT2D eigenvalue weighted by atomic mass is 16.7. The van der Waals surface area contributed by atoms with E-state index in [0.717, 1.165) is 0 Å². The predicted molar refractivity (Wildman–Crippen MR) is 134 cm³/mol. The van der Waals surface area contributed by atoms with Crippen molar-refractivity contribution < 1.29 is 44.7 Å². The van der Waals surface area contributed by atoms with E-state index in [1.807, 2.05) is 0 Å². The van der Waals surface area contributed by atoms with Crippen molar-refractivity contribution in [1.29, 1.82) is 0 Å². The van der Waals surface area contributed by atoms with E-state index in [-0.39, 0.29) is 24.2 Å². The second-order valence-electron chi connectivity index (χ2n) is 10.5. The van der Waals surface area contributed by atoms with E-state index in [1.54, 1.807) is 19.1 Å². The Morgan fingerprint density at radius 1 is 1.14 bits per heavy atom. The molecule has 0 radical (unpaired) electrons. The molecule has 3 rings (SSSR count). The first-order chi connectivity index (χ1) is 17.2. The second kappa shape index (κ2) is 9.79. The number of carbonyl (C=O) groups excluding carboxylic acids is 3. The molecule has 0 unspecified atom stereocenters. The number of allylic oxidation sites excluding steroid dienone is 6. The van der Waals surface area contributed by atoms with E-state index >= 15 is 0 Å². The molecule has 0 bridgehead atoms. The SMILES string of the molecule is C/C=C/CCC(=O)[C@H]1C[C@](C)(O)[C@]2(O)O[C@]3(C)C(=O)C(C)=C(O)\C(=C(O)/C=C/C=C/CO)[C@@H]3[C@]2(C)C1=O. The lowest BCUT2D eigenvalue weighted by atomic mass is 9.51. The number of Topliss-reactive ketones (excluding diaryl/α,β-unsaturated/α-hetero) is 3. The molecule has 5 N–H and O–H groups in total. The molecule has 1 aliphatic heterocycles. The highest BCUT2D eigenvalue weighted by molar-refractivity contribution is 6.10. The Morgan fingerprint density at radius 2 is 1.78 bits per heavy atom. The maximum Gasteiger partial charge on any atom is 0.209 e. The van der Waals surface area contributed by atoms with E-state index in [9.17, 15) is 34.8 Å². The van der Waals surface area contributed by atoms with Crippen LogP contribution in [0, 0.1) is 17.3 Å². The van der Waals surface area contributed by atoms with Crippen molar-refractivity contribution in [2.45, 2.75) is 70.9 Å². The van der Waals surface area contributed by atoms with Crippen LogP contribution in [0.4, 0.5) is 0 Å². The average Bonchev–Trinajstić information content (AvgIpc) is 3.04. The predicted octanol–water partition coefficient (Wildman–Crippen LogP) is 2.68. The lowest BCUT2D eigenvalue weighted by molar-refractivity contribution is -0.333. The van der Waals surface area contributed by atoms with Crippen LogP contribution in [0.1, 0.15) is 53.9 Å². The van der Waals surface area contributed by atoms with Crippen LogP contribution < -0.4 is 0 Å². The van der Waals surface area contributed by atoms with Crippen molar-refractivity contribution in [3.8, 4) is 0 Å². The van der Waals surface area contributed by atoms with Gasteiger partial charge in [-0.15, -0.1) is 0 Å². The zero-order valence-corrected chi connectivity index (χ0v) is 21.8. The number of carbonyl (C=O) groups is 3. The Bertz CT molecular complexity index is 1150. The summed E-state index contributed by atoms with van der Waals surface area (Å²) in [7, 11) is 0. The smallest absolute Gasteiger partial charge is 0.209 e. The number of rotatable bonds is 7. The fraction of sp³-hybridized carbons (Fsp3) is 0.536.